The molecule has 44 heavy (non-hydrogen) atoms. The van der Waals surface area contributed by atoms with Crippen LogP contribution in [0.5, 0.6) is 11.5 Å². The molecule has 3 unspecified atom stereocenters. The maximum absolute atomic E-state index is 14.8. The van der Waals surface area contributed by atoms with Gasteiger partial charge in [0.25, 0.3) is 15.7 Å². The molecule has 2 aliphatic rings. The van der Waals surface area contributed by atoms with E-state index in [9.17, 15) is 50.6 Å². The molecule has 2 amide bonds. The first-order valence-corrected chi connectivity index (χ1v) is 15.1. The van der Waals surface area contributed by atoms with E-state index in [1.165, 1.54) is 13.2 Å². The molecule has 2 fully saturated rings. The van der Waals surface area contributed by atoms with Gasteiger partial charge in [-0.15, -0.1) is 0 Å². The number of aliphatic carboxylic acids is 1. The summed E-state index contributed by atoms with van der Waals surface area (Å²) in [5.41, 5.74) is -5.94. The first-order valence-electron chi connectivity index (χ1n) is 13.6. The van der Waals surface area contributed by atoms with Gasteiger partial charge in [0.05, 0.1) is 41.6 Å². The van der Waals surface area contributed by atoms with Crippen LogP contribution in [0.1, 0.15) is 48.9 Å². The minimum atomic E-state index is -5.67. The third-order valence-electron chi connectivity index (χ3n) is 7.72. The normalized spacial score (nSPS) is 23.9. The molecule has 2 aromatic rings. The van der Waals surface area contributed by atoms with Crippen molar-refractivity contribution in [1.29, 1.82) is 0 Å². The molecule has 0 bridgehead atoms. The number of rotatable bonds is 9. The van der Waals surface area contributed by atoms with Crippen molar-refractivity contribution in [2.75, 3.05) is 12.4 Å². The van der Waals surface area contributed by atoms with E-state index in [0.717, 1.165) is 24.3 Å². The third-order valence-corrected chi connectivity index (χ3v) is 9.21. The highest BCUT2D eigenvalue weighted by Crippen LogP contribution is 2.35. The third kappa shape index (κ3) is 7.23. The molecule has 0 heterocycles. The van der Waals surface area contributed by atoms with Crippen molar-refractivity contribution < 1.29 is 60.0 Å². The number of sulfone groups is 1. The van der Waals surface area contributed by atoms with Crippen molar-refractivity contribution in [2.24, 2.45) is 11.8 Å². The number of halogens is 4. The molecule has 4 rings (SSSR count). The molecule has 0 spiro atoms. The highest BCUT2D eigenvalue weighted by molar-refractivity contribution is 7.92. The smallest absolute Gasteiger partial charge is 0.496 e. The number of methoxy groups -OCH3 is 1. The molecule has 2 aromatic carbocycles. The summed E-state index contributed by atoms with van der Waals surface area (Å²) in [5, 5.41) is 24.4. The predicted molar refractivity (Wildman–Crippen MR) is 145 cm³/mol. The number of hydrogen-bond acceptors (Lipinski definition) is 8. The summed E-state index contributed by atoms with van der Waals surface area (Å²) >= 11 is 0. The number of anilines is 1. The van der Waals surface area contributed by atoms with E-state index in [0.29, 0.717) is 31.7 Å². The quantitative estimate of drug-likeness (QED) is 0.297. The van der Waals surface area contributed by atoms with E-state index >= 15 is 0 Å². The number of ether oxygens (including phenoxy) is 2. The van der Waals surface area contributed by atoms with Crippen LogP contribution in [0, 0.1) is 17.7 Å². The van der Waals surface area contributed by atoms with Gasteiger partial charge in [-0.1, -0.05) is 6.07 Å². The molecule has 0 saturated heterocycles. The van der Waals surface area contributed by atoms with Gasteiger partial charge >= 0.3 is 11.5 Å². The fraction of sp³-hybridized carbons (Fsp3) is 0.464. The number of carboxylic acids is 1. The maximum Gasteiger partial charge on any atom is 0.501 e. The zero-order chi connectivity index (χ0) is 32.4. The first kappa shape index (κ1) is 33.0. The zero-order valence-electron chi connectivity index (χ0n) is 23.3. The number of amides is 2. The Kier molecular flexibility index (Phi) is 9.73. The monoisotopic (exact) mass is 646 g/mol. The number of aliphatic hydroxyl groups excluding tert-OH is 1. The lowest BCUT2D eigenvalue weighted by molar-refractivity contribution is -0.143. The molecular weight excluding hydrogens is 616 g/mol. The number of carbonyl (C=O) groups is 3. The topological polar surface area (TPSA) is 168 Å². The van der Waals surface area contributed by atoms with E-state index in [-0.39, 0.29) is 35.6 Å². The van der Waals surface area contributed by atoms with Gasteiger partial charge in [0.2, 0.25) is 5.91 Å². The Morgan fingerprint density at radius 3 is 2.30 bits per heavy atom. The molecule has 0 radical (unpaired) electrons. The van der Waals surface area contributed by atoms with Gasteiger partial charge in [0.15, 0.2) is 11.6 Å². The van der Waals surface area contributed by atoms with Crippen LogP contribution < -0.4 is 20.1 Å². The average molecular weight is 647 g/mol. The Labute approximate surface area is 249 Å². The largest absolute Gasteiger partial charge is 0.501 e. The fourth-order valence-corrected chi connectivity index (χ4v) is 6.20. The minimum Gasteiger partial charge on any atom is -0.496 e. The summed E-state index contributed by atoms with van der Waals surface area (Å²) in [4.78, 5) is 36.5. The number of aliphatic hydroxyl groups is 1. The van der Waals surface area contributed by atoms with E-state index in [1.807, 2.05) is 0 Å². The Balaban J connectivity index is 1.48. The predicted octanol–water partition coefficient (Wildman–Crippen LogP) is 3.66. The molecule has 4 N–H and O–H groups in total. The van der Waals surface area contributed by atoms with Crippen LogP contribution in [-0.4, -0.2) is 67.3 Å². The van der Waals surface area contributed by atoms with Crippen molar-refractivity contribution in [2.45, 2.75) is 67.2 Å². The van der Waals surface area contributed by atoms with Crippen molar-refractivity contribution in [3.05, 3.63) is 47.8 Å². The number of alkyl halides is 3. The molecule has 2 aliphatic carbocycles. The van der Waals surface area contributed by atoms with Crippen LogP contribution in [0.15, 0.2) is 41.3 Å². The van der Waals surface area contributed by atoms with Crippen LogP contribution >= 0.6 is 0 Å². The number of nitrogens with one attached hydrogen (secondary N) is 2. The van der Waals surface area contributed by atoms with Crippen LogP contribution in [0.3, 0.4) is 0 Å². The summed E-state index contributed by atoms with van der Waals surface area (Å²) in [5.74, 6) is -5.30. The van der Waals surface area contributed by atoms with E-state index < -0.39 is 73.9 Å². The molecule has 0 aliphatic heterocycles. The Morgan fingerprint density at radius 2 is 1.68 bits per heavy atom. The summed E-state index contributed by atoms with van der Waals surface area (Å²) < 4.78 is 88.2. The van der Waals surface area contributed by atoms with Gasteiger partial charge in [-0.25, -0.2) is 12.8 Å². The standard InChI is InChI=1S/C28H30F4N2O9S/c1-42-23-13-21(29)24(43-17-7-5-14(6-8-17)27(38)39)12-20(23)26(37)34-22-11-16(35)10-19(22)25(36)33-15-3-2-4-18(9-15)44(40,41)28(30,31)32/h2-4,9,12-14,16-17,19,22,35H,5-8,10-11H2,1H3,(H,33,36)(H,34,37)(H,38,39). The van der Waals surface area contributed by atoms with Crippen molar-refractivity contribution in [3.8, 4) is 11.5 Å². The van der Waals surface area contributed by atoms with Gasteiger partial charge in [0, 0.05) is 17.8 Å². The van der Waals surface area contributed by atoms with Crippen molar-refractivity contribution in [3.63, 3.8) is 0 Å². The second-order valence-corrected chi connectivity index (χ2v) is 12.6. The van der Waals surface area contributed by atoms with Crippen LogP contribution in [0.25, 0.3) is 0 Å². The molecular formula is C28H30F4N2O9S. The molecule has 0 aromatic heterocycles. The maximum atomic E-state index is 14.8. The zero-order valence-corrected chi connectivity index (χ0v) is 24.1. The summed E-state index contributed by atoms with van der Waals surface area (Å²) in [6, 6.07) is 4.70. The van der Waals surface area contributed by atoms with Gasteiger partial charge in [-0.05, 0) is 62.8 Å². The molecule has 240 valence electrons. The van der Waals surface area contributed by atoms with E-state index in [1.54, 1.807) is 0 Å². The SMILES string of the molecule is COc1cc(F)c(OC2CCC(C(=O)O)CC2)cc1C(=O)NC1CC(O)CC1C(=O)Nc1cccc(S(=O)(=O)C(F)(F)F)c1. The number of benzene rings is 2. The Morgan fingerprint density at radius 1 is 1.00 bits per heavy atom. The molecule has 16 heteroatoms. The summed E-state index contributed by atoms with van der Waals surface area (Å²) in [6.45, 7) is 0. The Bertz CT molecular complexity index is 1530. The van der Waals surface area contributed by atoms with Crippen LogP contribution in [0.2, 0.25) is 0 Å². The van der Waals surface area contributed by atoms with Crippen molar-refractivity contribution >= 4 is 33.3 Å². The Hall–Kier alpha value is -3.92. The number of carboxylic acid groups (broad SMARTS) is 1. The lowest BCUT2D eigenvalue weighted by Gasteiger charge is -2.27. The average Bonchev–Trinajstić information content (AvgIpc) is 3.33. The van der Waals surface area contributed by atoms with Crippen LogP contribution in [0.4, 0.5) is 23.2 Å². The van der Waals surface area contributed by atoms with Gasteiger partial charge < -0.3 is 30.3 Å². The lowest BCUT2D eigenvalue weighted by Crippen LogP contribution is -2.42. The molecule has 11 nitrogen and oxygen atoms in total. The first-order chi connectivity index (χ1) is 20.6. The second-order valence-electron chi connectivity index (χ2n) is 10.7. The van der Waals surface area contributed by atoms with E-state index in [4.69, 9.17) is 9.47 Å². The summed E-state index contributed by atoms with van der Waals surface area (Å²) in [7, 11) is -4.46. The number of hydrogen-bond donors (Lipinski definition) is 4. The molecule has 3 atom stereocenters. The van der Waals surface area contributed by atoms with Crippen LogP contribution in [-0.2, 0) is 19.4 Å². The molecule has 2 saturated carbocycles. The number of carbonyl (C=O) groups excluding carboxylic acids is 2. The second kappa shape index (κ2) is 13.0. The van der Waals surface area contributed by atoms with Gasteiger partial charge in [-0.3, -0.25) is 14.4 Å². The van der Waals surface area contributed by atoms with Gasteiger partial charge in [0.1, 0.15) is 5.75 Å². The van der Waals surface area contributed by atoms with Crippen molar-refractivity contribution in [1.82, 2.24) is 5.32 Å². The fourth-order valence-electron chi connectivity index (χ4n) is 5.39. The van der Waals surface area contributed by atoms with Gasteiger partial charge in [-0.2, -0.15) is 13.2 Å². The summed E-state index contributed by atoms with van der Waals surface area (Å²) in [6.07, 6.45) is -0.258. The van der Waals surface area contributed by atoms with E-state index in [2.05, 4.69) is 10.6 Å². The highest BCUT2D eigenvalue weighted by Gasteiger charge is 2.47. The lowest BCUT2D eigenvalue weighted by atomic mass is 9.87. The minimum absolute atomic E-state index is 0.0635. The highest BCUT2D eigenvalue weighted by atomic mass is 32.2.